The summed E-state index contributed by atoms with van der Waals surface area (Å²) in [4.78, 5) is 15.0. The molecule has 6 heteroatoms. The number of carbonyl (C=O) groups is 1. The lowest BCUT2D eigenvalue weighted by atomic mass is 9.85. The fourth-order valence-corrected chi connectivity index (χ4v) is 3.75. The summed E-state index contributed by atoms with van der Waals surface area (Å²) in [5.74, 6) is -0.630. The lowest BCUT2D eigenvalue weighted by Crippen LogP contribution is -2.43. The van der Waals surface area contributed by atoms with Crippen molar-refractivity contribution in [3.05, 3.63) is 100 Å². The molecule has 0 spiro atoms. The second kappa shape index (κ2) is 9.03. The third-order valence-corrected chi connectivity index (χ3v) is 5.18. The molecular weight excluding hydrogens is 430 g/mol. The van der Waals surface area contributed by atoms with Gasteiger partial charge in [0.25, 0.3) is 5.91 Å². The largest absolute Gasteiger partial charge is 0.377 e. The van der Waals surface area contributed by atoms with E-state index in [2.05, 4.69) is 26.5 Å². The second-order valence-corrected chi connectivity index (χ2v) is 7.60. The Hall–Kier alpha value is -2.96. The van der Waals surface area contributed by atoms with Crippen molar-refractivity contribution in [1.29, 1.82) is 0 Å². The van der Waals surface area contributed by atoms with Crippen LogP contribution in [0.15, 0.2) is 88.4 Å². The zero-order valence-electron chi connectivity index (χ0n) is 16.2. The van der Waals surface area contributed by atoms with Crippen molar-refractivity contribution in [3.8, 4) is 0 Å². The van der Waals surface area contributed by atoms with Crippen molar-refractivity contribution < 1.29 is 9.90 Å². The molecular formula is C23H22BrN3O2. The molecule has 0 atom stereocenters. The van der Waals surface area contributed by atoms with Crippen LogP contribution in [0.5, 0.6) is 0 Å². The lowest BCUT2D eigenvalue weighted by Gasteiger charge is -2.27. The number of carbonyl (C=O) groups excluding carboxylic acids is 1. The van der Waals surface area contributed by atoms with Crippen molar-refractivity contribution in [2.75, 3.05) is 19.0 Å². The molecule has 3 aromatic rings. The summed E-state index contributed by atoms with van der Waals surface area (Å²) in [6.45, 7) is 0. The Balaban J connectivity index is 1.85. The SMILES string of the molecule is CN(C)c1ccc(C=NNC(=O)C(O)(c2ccccc2)c2ccccc2)cc1Br. The molecule has 5 nitrogen and oxygen atoms in total. The van der Waals surface area contributed by atoms with Gasteiger partial charge in [0.15, 0.2) is 5.60 Å². The van der Waals surface area contributed by atoms with Gasteiger partial charge in [-0.05, 0) is 44.8 Å². The van der Waals surface area contributed by atoms with Crippen LogP contribution >= 0.6 is 15.9 Å². The summed E-state index contributed by atoms with van der Waals surface area (Å²) >= 11 is 3.53. The van der Waals surface area contributed by atoms with Crippen LogP contribution in [0.1, 0.15) is 16.7 Å². The number of amides is 1. The quantitative estimate of drug-likeness (QED) is 0.441. The van der Waals surface area contributed by atoms with Gasteiger partial charge in [0, 0.05) is 18.6 Å². The molecule has 3 rings (SSSR count). The van der Waals surface area contributed by atoms with Gasteiger partial charge in [-0.15, -0.1) is 0 Å². The fourth-order valence-electron chi connectivity index (χ4n) is 3.00. The number of hydrazone groups is 1. The van der Waals surface area contributed by atoms with Crippen LogP contribution < -0.4 is 10.3 Å². The predicted molar refractivity (Wildman–Crippen MR) is 120 cm³/mol. The Morgan fingerprint density at radius 3 is 2.03 bits per heavy atom. The van der Waals surface area contributed by atoms with Crippen molar-refractivity contribution in [2.24, 2.45) is 5.10 Å². The normalized spacial score (nSPS) is 11.4. The van der Waals surface area contributed by atoms with E-state index in [0.717, 1.165) is 15.7 Å². The van der Waals surface area contributed by atoms with E-state index in [4.69, 9.17) is 0 Å². The lowest BCUT2D eigenvalue weighted by molar-refractivity contribution is -0.136. The molecule has 0 radical (unpaired) electrons. The topological polar surface area (TPSA) is 64.9 Å². The van der Waals surface area contributed by atoms with Crippen molar-refractivity contribution in [3.63, 3.8) is 0 Å². The van der Waals surface area contributed by atoms with Crippen LogP contribution in [0.25, 0.3) is 0 Å². The number of nitrogens with one attached hydrogen (secondary N) is 1. The molecule has 0 saturated heterocycles. The highest BCUT2D eigenvalue weighted by Gasteiger charge is 2.39. The fraction of sp³-hybridized carbons (Fsp3) is 0.130. The molecule has 0 bridgehead atoms. The third-order valence-electron chi connectivity index (χ3n) is 4.54. The zero-order chi connectivity index (χ0) is 20.9. The highest BCUT2D eigenvalue weighted by atomic mass is 79.9. The van der Waals surface area contributed by atoms with Gasteiger partial charge in [-0.1, -0.05) is 66.7 Å². The van der Waals surface area contributed by atoms with Crippen LogP contribution in [0.3, 0.4) is 0 Å². The first-order valence-electron chi connectivity index (χ1n) is 9.06. The van der Waals surface area contributed by atoms with Crippen LogP contribution in [0, 0.1) is 0 Å². The zero-order valence-corrected chi connectivity index (χ0v) is 17.8. The van der Waals surface area contributed by atoms with E-state index < -0.39 is 11.5 Å². The van der Waals surface area contributed by atoms with Gasteiger partial charge in [0.05, 0.1) is 11.9 Å². The maximum atomic E-state index is 13.0. The summed E-state index contributed by atoms with van der Waals surface area (Å²) < 4.78 is 0.919. The number of halogens is 1. The number of anilines is 1. The third kappa shape index (κ3) is 4.55. The summed E-state index contributed by atoms with van der Waals surface area (Å²) in [7, 11) is 3.92. The molecule has 0 unspecified atom stereocenters. The minimum atomic E-state index is -1.85. The van der Waals surface area contributed by atoms with Gasteiger partial charge in [0.2, 0.25) is 0 Å². The van der Waals surface area contributed by atoms with Gasteiger partial charge in [-0.25, -0.2) is 5.43 Å². The molecule has 0 aliphatic rings. The number of nitrogens with zero attached hydrogens (tertiary/aromatic N) is 2. The number of benzene rings is 3. The molecule has 0 aliphatic carbocycles. The molecule has 148 valence electrons. The van der Waals surface area contributed by atoms with Crippen molar-refractivity contribution in [2.45, 2.75) is 5.60 Å². The summed E-state index contributed by atoms with van der Waals surface area (Å²) in [6.07, 6.45) is 1.54. The van der Waals surface area contributed by atoms with E-state index in [1.807, 2.05) is 49.3 Å². The van der Waals surface area contributed by atoms with Crippen LogP contribution in [0.2, 0.25) is 0 Å². The number of aliphatic hydroxyl groups is 1. The summed E-state index contributed by atoms with van der Waals surface area (Å²) in [5, 5.41) is 15.4. The van der Waals surface area contributed by atoms with E-state index in [1.54, 1.807) is 54.7 Å². The number of hydrogen-bond acceptors (Lipinski definition) is 4. The van der Waals surface area contributed by atoms with E-state index in [9.17, 15) is 9.90 Å². The first-order valence-corrected chi connectivity index (χ1v) is 9.86. The van der Waals surface area contributed by atoms with Gasteiger partial charge < -0.3 is 10.0 Å². The molecule has 0 heterocycles. The van der Waals surface area contributed by atoms with Gasteiger partial charge >= 0.3 is 0 Å². The summed E-state index contributed by atoms with van der Waals surface area (Å²) in [6, 6.07) is 23.4. The van der Waals surface area contributed by atoms with Crippen molar-refractivity contribution >= 4 is 33.7 Å². The van der Waals surface area contributed by atoms with E-state index in [0.29, 0.717) is 11.1 Å². The molecule has 0 aliphatic heterocycles. The maximum absolute atomic E-state index is 13.0. The molecule has 2 N–H and O–H groups in total. The van der Waals surface area contributed by atoms with Crippen molar-refractivity contribution in [1.82, 2.24) is 5.43 Å². The molecule has 1 amide bonds. The average Bonchev–Trinajstić information content (AvgIpc) is 2.74. The van der Waals surface area contributed by atoms with Crippen LogP contribution in [-0.2, 0) is 10.4 Å². The molecule has 0 saturated carbocycles. The Morgan fingerprint density at radius 1 is 1.00 bits per heavy atom. The number of rotatable bonds is 6. The Kier molecular flexibility index (Phi) is 6.46. The van der Waals surface area contributed by atoms with E-state index >= 15 is 0 Å². The van der Waals surface area contributed by atoms with Crippen LogP contribution in [-0.4, -0.2) is 31.3 Å². The maximum Gasteiger partial charge on any atom is 0.281 e. The Labute approximate surface area is 178 Å². The first kappa shape index (κ1) is 20.8. The Morgan fingerprint density at radius 2 is 1.55 bits per heavy atom. The first-order chi connectivity index (χ1) is 13.9. The molecule has 29 heavy (non-hydrogen) atoms. The monoisotopic (exact) mass is 451 g/mol. The standard InChI is InChI=1S/C23H22BrN3O2/c1-27(2)21-14-13-17(15-20(21)24)16-25-26-22(28)23(29,18-9-5-3-6-10-18)19-11-7-4-8-12-19/h3-16,29H,1-2H3,(H,26,28). The number of hydrogen-bond donors (Lipinski definition) is 2. The second-order valence-electron chi connectivity index (χ2n) is 6.75. The van der Waals surface area contributed by atoms with Crippen LogP contribution in [0.4, 0.5) is 5.69 Å². The van der Waals surface area contributed by atoms with Gasteiger partial charge in [-0.3, -0.25) is 4.79 Å². The van der Waals surface area contributed by atoms with Gasteiger partial charge in [0.1, 0.15) is 0 Å². The Bertz CT molecular complexity index is 966. The molecule has 3 aromatic carbocycles. The predicted octanol–water partition coefficient (Wildman–Crippen LogP) is 3.90. The smallest absolute Gasteiger partial charge is 0.281 e. The summed E-state index contributed by atoms with van der Waals surface area (Å²) in [5.41, 5.74) is 3.41. The molecule has 0 aromatic heterocycles. The molecule has 0 fully saturated rings. The minimum Gasteiger partial charge on any atom is -0.377 e. The van der Waals surface area contributed by atoms with Gasteiger partial charge in [-0.2, -0.15) is 5.10 Å². The average molecular weight is 452 g/mol. The highest BCUT2D eigenvalue weighted by molar-refractivity contribution is 9.10. The van der Waals surface area contributed by atoms with E-state index in [-0.39, 0.29) is 0 Å². The minimum absolute atomic E-state index is 0.469. The highest BCUT2D eigenvalue weighted by Crippen LogP contribution is 2.30. The van der Waals surface area contributed by atoms with E-state index in [1.165, 1.54) is 0 Å².